The Balaban J connectivity index is 2.83. The van der Waals surface area contributed by atoms with Crippen LogP contribution in [0.1, 0.15) is 26.3 Å². The van der Waals surface area contributed by atoms with Crippen molar-refractivity contribution in [2.45, 2.75) is 38.8 Å². The fourth-order valence-electron chi connectivity index (χ4n) is 1.74. The quantitative estimate of drug-likeness (QED) is 0.867. The fourth-order valence-corrected chi connectivity index (χ4v) is 1.99. The zero-order valence-corrected chi connectivity index (χ0v) is 13.7. The Bertz CT molecular complexity index is 553. The van der Waals surface area contributed by atoms with Crippen LogP contribution in [-0.2, 0) is 16.0 Å². The minimum atomic E-state index is -1.16. The minimum absolute atomic E-state index is 0.0610. The number of aliphatic carboxylic acids is 1. The first-order chi connectivity index (χ1) is 10.1. The van der Waals surface area contributed by atoms with Crippen molar-refractivity contribution in [2.75, 3.05) is 7.11 Å². The van der Waals surface area contributed by atoms with Gasteiger partial charge in [-0.25, -0.2) is 9.59 Å². The number of carbonyl (C=O) groups is 2. The van der Waals surface area contributed by atoms with Crippen LogP contribution in [0.4, 0.5) is 4.79 Å². The summed E-state index contributed by atoms with van der Waals surface area (Å²) in [5.74, 6) is -0.645. The van der Waals surface area contributed by atoms with Crippen LogP contribution in [0.25, 0.3) is 0 Å². The molecule has 1 rings (SSSR count). The molecule has 0 aliphatic carbocycles. The summed E-state index contributed by atoms with van der Waals surface area (Å²) in [7, 11) is 1.49. The predicted molar refractivity (Wildman–Crippen MR) is 82.5 cm³/mol. The fraction of sp³-hybridized carbons (Fsp3) is 0.467. The van der Waals surface area contributed by atoms with Gasteiger partial charge in [-0.1, -0.05) is 11.6 Å². The van der Waals surface area contributed by atoms with Crippen LogP contribution in [0.3, 0.4) is 0 Å². The van der Waals surface area contributed by atoms with Crippen LogP contribution in [0.15, 0.2) is 18.2 Å². The summed E-state index contributed by atoms with van der Waals surface area (Å²) in [6, 6.07) is 3.77. The van der Waals surface area contributed by atoms with Gasteiger partial charge in [-0.3, -0.25) is 0 Å². The van der Waals surface area contributed by atoms with Crippen molar-refractivity contribution in [2.24, 2.45) is 0 Å². The summed E-state index contributed by atoms with van der Waals surface area (Å²) in [6.07, 6.45) is -0.722. The molecule has 0 aliphatic rings. The van der Waals surface area contributed by atoms with Crippen LogP contribution in [-0.4, -0.2) is 35.9 Å². The van der Waals surface area contributed by atoms with Gasteiger partial charge in [0.1, 0.15) is 17.4 Å². The minimum Gasteiger partial charge on any atom is -0.497 e. The Morgan fingerprint density at radius 1 is 1.32 bits per heavy atom. The standard InChI is InChI=1S/C15H20ClNO5/c1-15(2,3)22-14(20)17-12(13(18)19)7-9-5-10(16)8-11(6-9)21-4/h5-6,8,12H,7H2,1-4H3,(H,17,20)(H,18,19). The molecule has 1 amide bonds. The molecule has 0 aliphatic heterocycles. The van der Waals surface area contributed by atoms with Crippen molar-refractivity contribution < 1.29 is 24.2 Å². The first-order valence-corrected chi connectivity index (χ1v) is 7.04. The van der Waals surface area contributed by atoms with Crippen molar-refractivity contribution in [1.29, 1.82) is 0 Å². The van der Waals surface area contributed by atoms with Crippen LogP contribution in [0, 0.1) is 0 Å². The Labute approximate surface area is 134 Å². The summed E-state index contributed by atoms with van der Waals surface area (Å²) >= 11 is 5.95. The van der Waals surface area contributed by atoms with Crippen molar-refractivity contribution in [3.05, 3.63) is 28.8 Å². The Morgan fingerprint density at radius 3 is 2.45 bits per heavy atom. The van der Waals surface area contributed by atoms with E-state index in [1.54, 1.807) is 39.0 Å². The largest absolute Gasteiger partial charge is 0.497 e. The van der Waals surface area contributed by atoms with Gasteiger partial charge in [-0.05, 0) is 44.5 Å². The van der Waals surface area contributed by atoms with Gasteiger partial charge in [0.15, 0.2) is 0 Å². The maximum Gasteiger partial charge on any atom is 0.408 e. The molecule has 0 fully saturated rings. The molecule has 1 aromatic carbocycles. The Hall–Kier alpha value is -1.95. The lowest BCUT2D eigenvalue weighted by molar-refractivity contribution is -0.139. The maximum atomic E-state index is 11.7. The highest BCUT2D eigenvalue weighted by molar-refractivity contribution is 6.30. The molecule has 6 nitrogen and oxygen atoms in total. The molecule has 122 valence electrons. The van der Waals surface area contributed by atoms with Gasteiger partial charge in [-0.15, -0.1) is 0 Å². The third kappa shape index (κ3) is 6.22. The number of rotatable bonds is 5. The Morgan fingerprint density at radius 2 is 1.95 bits per heavy atom. The van der Waals surface area contributed by atoms with Crippen molar-refractivity contribution in [3.63, 3.8) is 0 Å². The summed E-state index contributed by atoms with van der Waals surface area (Å²) < 4.78 is 10.1. The SMILES string of the molecule is COc1cc(Cl)cc(CC(NC(=O)OC(C)(C)C)C(=O)O)c1. The lowest BCUT2D eigenvalue weighted by Gasteiger charge is -2.22. The lowest BCUT2D eigenvalue weighted by Crippen LogP contribution is -2.44. The van der Waals surface area contributed by atoms with Gasteiger partial charge in [-0.2, -0.15) is 0 Å². The van der Waals surface area contributed by atoms with Crippen molar-refractivity contribution in [1.82, 2.24) is 5.32 Å². The average Bonchev–Trinajstić information content (AvgIpc) is 2.34. The zero-order valence-electron chi connectivity index (χ0n) is 13.0. The Kier molecular flexibility index (Phi) is 6.05. The highest BCUT2D eigenvalue weighted by Crippen LogP contribution is 2.21. The number of methoxy groups -OCH3 is 1. The monoisotopic (exact) mass is 329 g/mol. The molecule has 0 spiro atoms. The third-order valence-corrected chi connectivity index (χ3v) is 2.81. The summed E-state index contributed by atoms with van der Waals surface area (Å²) in [5.41, 5.74) is -0.0697. The molecule has 0 heterocycles. The molecular formula is C15H20ClNO5. The van der Waals surface area contributed by atoms with E-state index >= 15 is 0 Å². The molecule has 0 aromatic heterocycles. The first kappa shape index (κ1) is 18.1. The molecule has 1 atom stereocenters. The molecule has 0 radical (unpaired) electrons. The number of nitrogens with one attached hydrogen (secondary N) is 1. The van der Waals surface area contributed by atoms with E-state index in [1.165, 1.54) is 7.11 Å². The summed E-state index contributed by atoms with van der Waals surface area (Å²) in [6.45, 7) is 5.10. The number of carbonyl (C=O) groups excluding carboxylic acids is 1. The smallest absolute Gasteiger partial charge is 0.408 e. The number of benzene rings is 1. The second-order valence-electron chi connectivity index (χ2n) is 5.74. The lowest BCUT2D eigenvalue weighted by atomic mass is 10.1. The van der Waals surface area contributed by atoms with E-state index < -0.39 is 23.7 Å². The molecular weight excluding hydrogens is 310 g/mol. The van der Waals surface area contributed by atoms with Crippen molar-refractivity contribution in [3.8, 4) is 5.75 Å². The number of carboxylic acid groups (broad SMARTS) is 1. The van der Waals surface area contributed by atoms with E-state index in [1.807, 2.05) is 0 Å². The van der Waals surface area contributed by atoms with Crippen LogP contribution in [0.5, 0.6) is 5.75 Å². The number of amides is 1. The normalized spacial score (nSPS) is 12.4. The second-order valence-corrected chi connectivity index (χ2v) is 6.18. The molecule has 0 saturated carbocycles. The molecule has 2 N–H and O–H groups in total. The van der Waals surface area contributed by atoms with Crippen LogP contribution >= 0.6 is 11.6 Å². The van der Waals surface area contributed by atoms with Gasteiger partial charge in [0, 0.05) is 11.4 Å². The summed E-state index contributed by atoms with van der Waals surface area (Å²) in [5, 5.41) is 12.0. The highest BCUT2D eigenvalue weighted by Gasteiger charge is 2.24. The first-order valence-electron chi connectivity index (χ1n) is 6.66. The van der Waals surface area contributed by atoms with Gasteiger partial charge < -0.3 is 19.9 Å². The van der Waals surface area contributed by atoms with Crippen molar-refractivity contribution >= 4 is 23.7 Å². The zero-order chi connectivity index (χ0) is 16.9. The van der Waals surface area contributed by atoms with E-state index in [9.17, 15) is 14.7 Å². The number of hydrogen-bond donors (Lipinski definition) is 2. The van der Waals surface area contributed by atoms with Crippen LogP contribution in [0.2, 0.25) is 5.02 Å². The summed E-state index contributed by atoms with van der Waals surface area (Å²) in [4.78, 5) is 23.0. The predicted octanol–water partition coefficient (Wildman–Crippen LogP) is 2.87. The number of hydrogen-bond acceptors (Lipinski definition) is 4. The van der Waals surface area contributed by atoms with Gasteiger partial charge in [0.05, 0.1) is 7.11 Å². The van der Waals surface area contributed by atoms with E-state index in [4.69, 9.17) is 21.1 Å². The third-order valence-electron chi connectivity index (χ3n) is 2.60. The number of alkyl carbamates (subject to hydrolysis) is 1. The van der Waals surface area contributed by atoms with E-state index in [2.05, 4.69) is 5.32 Å². The van der Waals surface area contributed by atoms with E-state index in [0.717, 1.165) is 0 Å². The average molecular weight is 330 g/mol. The molecule has 22 heavy (non-hydrogen) atoms. The highest BCUT2D eigenvalue weighted by atomic mass is 35.5. The molecule has 1 aromatic rings. The molecule has 7 heteroatoms. The molecule has 1 unspecified atom stereocenters. The number of carboxylic acids is 1. The second kappa shape index (κ2) is 7.35. The van der Waals surface area contributed by atoms with Crippen LogP contribution < -0.4 is 10.1 Å². The van der Waals surface area contributed by atoms with E-state index in [-0.39, 0.29) is 6.42 Å². The maximum absolute atomic E-state index is 11.7. The molecule has 0 bridgehead atoms. The van der Waals surface area contributed by atoms with Gasteiger partial charge in [0.2, 0.25) is 0 Å². The topological polar surface area (TPSA) is 84.9 Å². The van der Waals surface area contributed by atoms with E-state index in [0.29, 0.717) is 16.3 Å². The number of ether oxygens (including phenoxy) is 2. The number of halogens is 1. The van der Waals surface area contributed by atoms with Gasteiger partial charge in [0.25, 0.3) is 0 Å². The molecule has 0 saturated heterocycles. The van der Waals surface area contributed by atoms with Gasteiger partial charge >= 0.3 is 12.1 Å².